The standard InChI is InChI=1S/C14H19NO3/c1-16-9-3-4-13-11(5-9)12(15)8-14(18-13)6-10(7-14)17-2/h3-5,10,12H,6-8,15H2,1-2H3/t10?,12-,14?/m1/s1. The summed E-state index contributed by atoms with van der Waals surface area (Å²) in [7, 11) is 3.41. The number of hydrogen-bond acceptors (Lipinski definition) is 4. The third-order valence-electron chi connectivity index (χ3n) is 4.07. The van der Waals surface area contributed by atoms with Crippen molar-refractivity contribution >= 4 is 0 Å². The highest BCUT2D eigenvalue weighted by atomic mass is 16.5. The van der Waals surface area contributed by atoms with Crippen molar-refractivity contribution in [2.45, 2.75) is 37.0 Å². The Morgan fingerprint density at radius 3 is 2.72 bits per heavy atom. The van der Waals surface area contributed by atoms with Gasteiger partial charge in [0.25, 0.3) is 0 Å². The van der Waals surface area contributed by atoms with Gasteiger partial charge in [-0.15, -0.1) is 0 Å². The van der Waals surface area contributed by atoms with Crippen molar-refractivity contribution in [2.24, 2.45) is 5.73 Å². The second kappa shape index (κ2) is 4.14. The Morgan fingerprint density at radius 2 is 2.06 bits per heavy atom. The van der Waals surface area contributed by atoms with Crippen LogP contribution in [0.2, 0.25) is 0 Å². The quantitative estimate of drug-likeness (QED) is 0.871. The zero-order chi connectivity index (χ0) is 12.8. The summed E-state index contributed by atoms with van der Waals surface area (Å²) in [5.41, 5.74) is 7.20. The molecular weight excluding hydrogens is 230 g/mol. The Morgan fingerprint density at radius 1 is 1.28 bits per heavy atom. The molecule has 0 amide bonds. The summed E-state index contributed by atoms with van der Waals surface area (Å²) in [6, 6.07) is 5.85. The zero-order valence-corrected chi connectivity index (χ0v) is 10.8. The van der Waals surface area contributed by atoms with Crippen LogP contribution < -0.4 is 15.2 Å². The summed E-state index contributed by atoms with van der Waals surface area (Å²) >= 11 is 0. The van der Waals surface area contributed by atoms with Crippen molar-refractivity contribution in [3.8, 4) is 11.5 Å². The van der Waals surface area contributed by atoms with Crippen LogP contribution in [0.1, 0.15) is 30.9 Å². The van der Waals surface area contributed by atoms with Gasteiger partial charge in [-0.2, -0.15) is 0 Å². The topological polar surface area (TPSA) is 53.7 Å². The van der Waals surface area contributed by atoms with Crippen LogP contribution in [0.5, 0.6) is 11.5 Å². The van der Waals surface area contributed by atoms with E-state index >= 15 is 0 Å². The first-order chi connectivity index (χ1) is 8.65. The van der Waals surface area contributed by atoms with Gasteiger partial charge in [-0.05, 0) is 18.2 Å². The molecule has 0 saturated heterocycles. The molecule has 98 valence electrons. The minimum Gasteiger partial charge on any atom is -0.497 e. The number of benzene rings is 1. The number of rotatable bonds is 2. The molecule has 0 radical (unpaired) electrons. The Balaban J connectivity index is 1.85. The molecule has 0 bridgehead atoms. The van der Waals surface area contributed by atoms with Gasteiger partial charge in [-0.25, -0.2) is 0 Å². The molecule has 1 fully saturated rings. The molecule has 1 aliphatic carbocycles. The number of ether oxygens (including phenoxy) is 3. The van der Waals surface area contributed by atoms with E-state index < -0.39 is 0 Å². The van der Waals surface area contributed by atoms with Crippen LogP contribution in [-0.4, -0.2) is 25.9 Å². The maximum absolute atomic E-state index is 6.27. The second-order valence-corrected chi connectivity index (χ2v) is 5.27. The van der Waals surface area contributed by atoms with E-state index in [1.165, 1.54) is 0 Å². The lowest BCUT2D eigenvalue weighted by atomic mass is 9.71. The molecule has 2 N–H and O–H groups in total. The third kappa shape index (κ3) is 1.76. The molecule has 1 saturated carbocycles. The highest BCUT2D eigenvalue weighted by molar-refractivity contribution is 5.44. The average Bonchev–Trinajstić information content (AvgIpc) is 2.35. The van der Waals surface area contributed by atoms with Crippen molar-refractivity contribution in [3.63, 3.8) is 0 Å². The summed E-state index contributed by atoms with van der Waals surface area (Å²) in [5.74, 6) is 1.72. The number of methoxy groups -OCH3 is 2. The van der Waals surface area contributed by atoms with E-state index in [2.05, 4.69) is 0 Å². The Hall–Kier alpha value is -1.26. The normalized spacial score (nSPS) is 33.5. The van der Waals surface area contributed by atoms with Crippen molar-refractivity contribution in [1.82, 2.24) is 0 Å². The van der Waals surface area contributed by atoms with Crippen LogP contribution >= 0.6 is 0 Å². The van der Waals surface area contributed by atoms with E-state index in [0.717, 1.165) is 36.3 Å². The zero-order valence-electron chi connectivity index (χ0n) is 10.8. The fourth-order valence-corrected chi connectivity index (χ4v) is 3.01. The second-order valence-electron chi connectivity index (χ2n) is 5.27. The molecule has 3 rings (SSSR count). The molecule has 1 spiro atoms. The lowest BCUT2D eigenvalue weighted by Crippen LogP contribution is -2.55. The summed E-state index contributed by atoms with van der Waals surface area (Å²) in [6.45, 7) is 0. The fraction of sp³-hybridized carbons (Fsp3) is 0.571. The van der Waals surface area contributed by atoms with Gasteiger partial charge in [0.05, 0.1) is 13.2 Å². The van der Waals surface area contributed by atoms with Crippen LogP contribution in [0.4, 0.5) is 0 Å². The summed E-state index contributed by atoms with van der Waals surface area (Å²) in [5, 5.41) is 0. The lowest BCUT2D eigenvalue weighted by molar-refractivity contribution is -0.124. The van der Waals surface area contributed by atoms with Gasteiger partial charge in [-0.3, -0.25) is 0 Å². The summed E-state index contributed by atoms with van der Waals surface area (Å²) < 4.78 is 16.7. The van der Waals surface area contributed by atoms with E-state index in [9.17, 15) is 0 Å². The van der Waals surface area contributed by atoms with E-state index in [1.54, 1.807) is 14.2 Å². The van der Waals surface area contributed by atoms with Crippen molar-refractivity contribution in [1.29, 1.82) is 0 Å². The fourth-order valence-electron chi connectivity index (χ4n) is 3.01. The molecule has 2 aliphatic rings. The molecular formula is C14H19NO3. The van der Waals surface area contributed by atoms with Crippen LogP contribution in [0.25, 0.3) is 0 Å². The molecule has 0 aromatic heterocycles. The maximum Gasteiger partial charge on any atom is 0.125 e. The monoisotopic (exact) mass is 249 g/mol. The first-order valence-corrected chi connectivity index (χ1v) is 6.31. The lowest BCUT2D eigenvalue weighted by Gasteiger charge is -2.50. The SMILES string of the molecule is COc1ccc2c(c1)[C@H](N)CC1(CC(OC)C1)O2. The molecule has 4 nitrogen and oxygen atoms in total. The molecule has 1 atom stereocenters. The van der Waals surface area contributed by atoms with E-state index in [1.807, 2.05) is 18.2 Å². The number of fused-ring (bicyclic) bond motifs is 1. The van der Waals surface area contributed by atoms with Crippen LogP contribution in [0, 0.1) is 0 Å². The molecule has 1 aliphatic heterocycles. The van der Waals surface area contributed by atoms with Gasteiger partial charge in [0.1, 0.15) is 17.1 Å². The molecule has 4 heteroatoms. The molecule has 0 unspecified atom stereocenters. The number of nitrogens with two attached hydrogens (primary N) is 1. The molecule has 1 aromatic carbocycles. The van der Waals surface area contributed by atoms with Gasteiger partial charge >= 0.3 is 0 Å². The van der Waals surface area contributed by atoms with Gasteiger partial charge in [0, 0.05) is 38.0 Å². The minimum absolute atomic E-state index is 0.0154. The molecule has 1 aromatic rings. The third-order valence-corrected chi connectivity index (χ3v) is 4.07. The molecule has 1 heterocycles. The minimum atomic E-state index is -0.109. The largest absolute Gasteiger partial charge is 0.497 e. The van der Waals surface area contributed by atoms with Crippen LogP contribution in [0.15, 0.2) is 18.2 Å². The van der Waals surface area contributed by atoms with Crippen LogP contribution in [0.3, 0.4) is 0 Å². The predicted octanol–water partition coefficient (Wildman–Crippen LogP) is 2.03. The number of hydrogen-bond donors (Lipinski definition) is 1. The summed E-state index contributed by atoms with van der Waals surface area (Å²) in [6.07, 6.45) is 3.04. The van der Waals surface area contributed by atoms with E-state index in [-0.39, 0.29) is 11.6 Å². The van der Waals surface area contributed by atoms with E-state index in [4.69, 9.17) is 19.9 Å². The van der Waals surface area contributed by atoms with Crippen molar-refractivity contribution in [3.05, 3.63) is 23.8 Å². The Bertz CT molecular complexity index is 454. The van der Waals surface area contributed by atoms with Crippen molar-refractivity contribution < 1.29 is 14.2 Å². The summed E-state index contributed by atoms with van der Waals surface area (Å²) in [4.78, 5) is 0. The Kier molecular flexibility index (Phi) is 2.72. The first kappa shape index (κ1) is 11.8. The van der Waals surface area contributed by atoms with Gasteiger partial charge in [0.15, 0.2) is 0 Å². The van der Waals surface area contributed by atoms with Gasteiger partial charge in [-0.1, -0.05) is 0 Å². The Labute approximate surface area is 107 Å². The van der Waals surface area contributed by atoms with E-state index in [0.29, 0.717) is 6.10 Å². The highest BCUT2D eigenvalue weighted by Crippen LogP contribution is 2.49. The first-order valence-electron chi connectivity index (χ1n) is 6.31. The average molecular weight is 249 g/mol. The highest BCUT2D eigenvalue weighted by Gasteiger charge is 2.50. The van der Waals surface area contributed by atoms with Crippen LogP contribution in [-0.2, 0) is 4.74 Å². The van der Waals surface area contributed by atoms with Crippen molar-refractivity contribution in [2.75, 3.05) is 14.2 Å². The van der Waals surface area contributed by atoms with Gasteiger partial charge in [0.2, 0.25) is 0 Å². The predicted molar refractivity (Wildman–Crippen MR) is 67.9 cm³/mol. The van der Waals surface area contributed by atoms with Gasteiger partial charge < -0.3 is 19.9 Å². The smallest absolute Gasteiger partial charge is 0.125 e. The molecule has 18 heavy (non-hydrogen) atoms. The maximum atomic E-state index is 6.27.